The van der Waals surface area contributed by atoms with E-state index in [1.165, 1.54) is 25.8 Å². The smallest absolute Gasteiger partial charge is 0.325 e. The van der Waals surface area contributed by atoms with Crippen LogP contribution in [0.15, 0.2) is 4.99 Å². The van der Waals surface area contributed by atoms with Crippen molar-refractivity contribution in [1.82, 2.24) is 10.2 Å². The minimum absolute atomic E-state index is 0.0260. The van der Waals surface area contributed by atoms with Crippen LogP contribution in [-0.4, -0.2) is 48.8 Å². The fourth-order valence-corrected chi connectivity index (χ4v) is 0.990. The van der Waals surface area contributed by atoms with Crippen molar-refractivity contribution in [1.29, 1.82) is 0 Å². The van der Waals surface area contributed by atoms with Crippen LogP contribution in [0.2, 0.25) is 0 Å². The Bertz CT molecular complexity index is 338. The number of rotatable bonds is 3. The molecule has 0 unspecified atom stereocenters. The second-order valence-electron chi connectivity index (χ2n) is 3.30. The van der Waals surface area contributed by atoms with Crippen molar-refractivity contribution in [2.45, 2.75) is 20.8 Å². The lowest BCUT2D eigenvalue weighted by Gasteiger charge is -2.19. The van der Waals surface area contributed by atoms with E-state index in [9.17, 15) is 14.4 Å². The van der Waals surface area contributed by atoms with Crippen molar-refractivity contribution < 1.29 is 19.1 Å². The Morgan fingerprint density at radius 2 is 1.88 bits per heavy atom. The highest BCUT2D eigenvalue weighted by Crippen LogP contribution is 1.90. The maximum absolute atomic E-state index is 11.2. The van der Waals surface area contributed by atoms with Gasteiger partial charge in [-0.25, -0.2) is 0 Å². The van der Waals surface area contributed by atoms with Gasteiger partial charge in [0.05, 0.1) is 6.61 Å². The van der Waals surface area contributed by atoms with Gasteiger partial charge in [-0.1, -0.05) is 0 Å². The molecule has 0 aliphatic carbocycles. The number of nitrogens with one attached hydrogen (secondary N) is 1. The molecule has 0 heterocycles. The van der Waals surface area contributed by atoms with Crippen molar-refractivity contribution in [2.75, 3.05) is 20.2 Å². The predicted octanol–water partition coefficient (Wildman–Crippen LogP) is -0.480. The Kier molecular flexibility index (Phi) is 6.54. The molecule has 0 aromatic rings. The molecule has 0 aliphatic rings. The summed E-state index contributed by atoms with van der Waals surface area (Å²) in [6, 6.07) is 0. The van der Waals surface area contributed by atoms with Crippen LogP contribution >= 0.6 is 0 Å². The first-order chi connectivity index (χ1) is 7.86. The molecule has 0 aromatic carbocycles. The summed E-state index contributed by atoms with van der Waals surface area (Å²) in [5.74, 6) is -1.28. The molecule has 0 radical (unpaired) electrons. The number of carbonyl (C=O) groups excluding carboxylic acids is 3. The monoisotopic (exact) mass is 243 g/mol. The summed E-state index contributed by atoms with van der Waals surface area (Å²) in [5.41, 5.74) is 0. The Morgan fingerprint density at radius 3 is 2.29 bits per heavy atom. The summed E-state index contributed by atoms with van der Waals surface area (Å²) in [5, 5.41) is 2.37. The Morgan fingerprint density at radius 1 is 1.29 bits per heavy atom. The molecule has 0 aromatic heterocycles. The Labute approximate surface area is 99.8 Å². The molecule has 96 valence electrons. The van der Waals surface area contributed by atoms with Crippen LogP contribution in [0.25, 0.3) is 0 Å². The van der Waals surface area contributed by atoms with E-state index in [0.717, 1.165) is 0 Å². The molecule has 0 bridgehead atoms. The summed E-state index contributed by atoms with van der Waals surface area (Å²) >= 11 is 0. The van der Waals surface area contributed by atoms with Gasteiger partial charge < -0.3 is 9.64 Å². The average Bonchev–Trinajstić information content (AvgIpc) is 2.15. The molecule has 0 saturated carbocycles. The van der Waals surface area contributed by atoms with Gasteiger partial charge in [0.25, 0.3) is 0 Å². The quantitative estimate of drug-likeness (QED) is 0.411. The minimum Gasteiger partial charge on any atom is -0.465 e. The molecule has 17 heavy (non-hydrogen) atoms. The highest BCUT2D eigenvalue weighted by atomic mass is 16.5. The van der Waals surface area contributed by atoms with Gasteiger partial charge in [0.1, 0.15) is 6.54 Å². The number of likely N-dealkylation sites (N-methyl/N-ethyl adjacent to an activating group) is 1. The zero-order valence-corrected chi connectivity index (χ0v) is 10.4. The van der Waals surface area contributed by atoms with Crippen LogP contribution in [0.4, 0.5) is 0 Å². The van der Waals surface area contributed by atoms with Crippen LogP contribution in [0.5, 0.6) is 0 Å². The summed E-state index contributed by atoms with van der Waals surface area (Å²) in [6.07, 6.45) is 0. The van der Waals surface area contributed by atoms with Gasteiger partial charge in [-0.05, 0) is 6.92 Å². The highest BCUT2D eigenvalue weighted by molar-refractivity contribution is 6.01. The number of amides is 2. The fraction of sp³-hybridized carbons (Fsp3) is 0.600. The molecule has 0 atom stereocenters. The zero-order chi connectivity index (χ0) is 13.4. The largest absolute Gasteiger partial charge is 0.465 e. The second kappa shape index (κ2) is 7.37. The molecular weight excluding hydrogens is 226 g/mol. The average molecular weight is 243 g/mol. The van der Waals surface area contributed by atoms with Gasteiger partial charge in [-0.15, -0.1) is 0 Å². The standard InChI is InChI=1S/C10H17N3O4/c1-5-17-9(16)6-13(4)10(11-7(2)14)12-8(3)15/h5-6H2,1-4H3,(H,11,12,14,15). The van der Waals surface area contributed by atoms with E-state index in [-0.39, 0.29) is 25.0 Å². The number of esters is 1. The lowest BCUT2D eigenvalue weighted by molar-refractivity contribution is -0.143. The lowest BCUT2D eigenvalue weighted by atomic mass is 10.5. The molecule has 0 aliphatic heterocycles. The van der Waals surface area contributed by atoms with Crippen LogP contribution in [0.1, 0.15) is 20.8 Å². The van der Waals surface area contributed by atoms with E-state index >= 15 is 0 Å². The number of nitrogens with zero attached hydrogens (tertiary/aromatic N) is 2. The van der Waals surface area contributed by atoms with Crippen molar-refractivity contribution >= 4 is 23.7 Å². The fourth-order valence-electron chi connectivity index (χ4n) is 0.990. The first-order valence-electron chi connectivity index (χ1n) is 5.10. The van der Waals surface area contributed by atoms with Gasteiger partial charge in [-0.2, -0.15) is 4.99 Å². The predicted molar refractivity (Wildman–Crippen MR) is 61.2 cm³/mol. The van der Waals surface area contributed by atoms with Crippen LogP contribution in [-0.2, 0) is 19.1 Å². The van der Waals surface area contributed by atoms with Crippen molar-refractivity contribution in [2.24, 2.45) is 4.99 Å². The number of ether oxygens (including phenoxy) is 1. The number of aliphatic imine (C=N–C) groups is 1. The second-order valence-corrected chi connectivity index (χ2v) is 3.30. The number of hydrogen-bond donors (Lipinski definition) is 1. The van der Waals surface area contributed by atoms with E-state index in [2.05, 4.69) is 10.3 Å². The molecule has 7 heteroatoms. The number of carbonyl (C=O) groups is 3. The normalized spacial score (nSPS) is 10.7. The Balaban J connectivity index is 4.64. The zero-order valence-electron chi connectivity index (χ0n) is 10.4. The Hall–Kier alpha value is -1.92. The molecule has 7 nitrogen and oxygen atoms in total. The van der Waals surface area contributed by atoms with E-state index < -0.39 is 11.9 Å². The topological polar surface area (TPSA) is 88.1 Å². The first kappa shape index (κ1) is 15.1. The maximum Gasteiger partial charge on any atom is 0.325 e. The van der Waals surface area contributed by atoms with Gasteiger partial charge in [0.2, 0.25) is 17.8 Å². The molecule has 2 amide bonds. The first-order valence-corrected chi connectivity index (χ1v) is 5.10. The lowest BCUT2D eigenvalue weighted by Crippen LogP contribution is -2.44. The minimum atomic E-state index is -0.468. The number of guanidine groups is 1. The van der Waals surface area contributed by atoms with Gasteiger partial charge in [-0.3, -0.25) is 19.7 Å². The van der Waals surface area contributed by atoms with E-state index in [1.807, 2.05) is 0 Å². The van der Waals surface area contributed by atoms with Crippen LogP contribution < -0.4 is 5.32 Å². The molecular formula is C10H17N3O4. The summed E-state index contributed by atoms with van der Waals surface area (Å²) in [4.78, 5) is 37.9. The summed E-state index contributed by atoms with van der Waals surface area (Å²) in [6.45, 7) is 4.40. The van der Waals surface area contributed by atoms with Crippen molar-refractivity contribution in [3.8, 4) is 0 Å². The van der Waals surface area contributed by atoms with Crippen LogP contribution in [0, 0.1) is 0 Å². The molecule has 0 saturated heterocycles. The molecule has 0 rings (SSSR count). The van der Waals surface area contributed by atoms with Crippen molar-refractivity contribution in [3.63, 3.8) is 0 Å². The summed E-state index contributed by atoms with van der Waals surface area (Å²) < 4.78 is 4.74. The van der Waals surface area contributed by atoms with E-state index in [1.54, 1.807) is 6.92 Å². The molecule has 1 N–H and O–H groups in total. The maximum atomic E-state index is 11.2. The summed E-state index contributed by atoms with van der Waals surface area (Å²) in [7, 11) is 1.52. The third-order valence-corrected chi connectivity index (χ3v) is 1.58. The highest BCUT2D eigenvalue weighted by Gasteiger charge is 2.13. The SMILES string of the molecule is CCOC(=O)CN(C)C(=NC(C)=O)NC(C)=O. The third kappa shape index (κ3) is 7.04. The third-order valence-electron chi connectivity index (χ3n) is 1.58. The van der Waals surface area contributed by atoms with Crippen molar-refractivity contribution in [3.05, 3.63) is 0 Å². The van der Waals surface area contributed by atoms with Gasteiger partial charge in [0, 0.05) is 20.9 Å². The van der Waals surface area contributed by atoms with Crippen LogP contribution in [0.3, 0.4) is 0 Å². The molecule has 0 fully saturated rings. The van der Waals surface area contributed by atoms with Gasteiger partial charge in [0.15, 0.2) is 0 Å². The van der Waals surface area contributed by atoms with Gasteiger partial charge >= 0.3 is 5.97 Å². The molecule has 0 spiro atoms. The van der Waals surface area contributed by atoms with E-state index in [4.69, 9.17) is 4.74 Å². The van der Waals surface area contributed by atoms with E-state index in [0.29, 0.717) is 0 Å². The number of hydrogen-bond acceptors (Lipinski definition) is 4.